The second-order valence-corrected chi connectivity index (χ2v) is 2.33. The summed E-state index contributed by atoms with van der Waals surface area (Å²) >= 11 is 0. The van der Waals surface area contributed by atoms with Crippen molar-refractivity contribution in [2.75, 3.05) is 0 Å². The van der Waals surface area contributed by atoms with E-state index in [9.17, 15) is 4.79 Å². The molecule has 1 aliphatic rings. The molecule has 4 N–H and O–H groups in total. The minimum absolute atomic E-state index is 0.569. The molecule has 0 fully saturated rings. The van der Waals surface area contributed by atoms with E-state index in [0.29, 0.717) is 0 Å². The average molecular weight is 176 g/mol. The molecule has 0 radical (unpaired) electrons. The van der Waals surface area contributed by atoms with Crippen molar-refractivity contribution in [1.29, 1.82) is 0 Å². The van der Waals surface area contributed by atoms with Gasteiger partial charge in [-0.05, 0) is 6.08 Å². The summed E-state index contributed by atoms with van der Waals surface area (Å²) in [6.07, 6.45) is -3.80. The van der Waals surface area contributed by atoms with Gasteiger partial charge in [0.25, 0.3) is 0 Å². The highest BCUT2D eigenvalue weighted by atomic mass is 16.6. The van der Waals surface area contributed by atoms with Crippen molar-refractivity contribution >= 4 is 5.97 Å². The molecule has 6 heteroatoms. The minimum atomic E-state index is -1.70. The summed E-state index contributed by atoms with van der Waals surface area (Å²) in [6.45, 7) is 0. The normalized spacial score (nSPS) is 35.2. The predicted molar refractivity (Wildman–Crippen MR) is 34.8 cm³/mol. The van der Waals surface area contributed by atoms with Crippen LogP contribution in [0.3, 0.4) is 0 Å². The first kappa shape index (κ1) is 8.98. The summed E-state index contributed by atoms with van der Waals surface area (Å²) in [5.74, 6) is -1.97. The first-order valence-corrected chi connectivity index (χ1v) is 3.18. The van der Waals surface area contributed by atoms with Gasteiger partial charge >= 0.3 is 5.97 Å². The third-order valence-electron chi connectivity index (χ3n) is 1.42. The van der Waals surface area contributed by atoms with Crippen LogP contribution in [-0.2, 0) is 9.53 Å². The van der Waals surface area contributed by atoms with Gasteiger partial charge in [-0.3, -0.25) is 0 Å². The van der Waals surface area contributed by atoms with E-state index in [2.05, 4.69) is 4.74 Å². The fourth-order valence-electron chi connectivity index (χ4n) is 0.783. The highest BCUT2D eigenvalue weighted by Gasteiger charge is 2.32. The van der Waals surface area contributed by atoms with Gasteiger partial charge in [-0.15, -0.1) is 0 Å². The Balaban J connectivity index is 2.81. The second-order valence-electron chi connectivity index (χ2n) is 2.33. The van der Waals surface area contributed by atoms with Gasteiger partial charge in [0.1, 0.15) is 12.2 Å². The molecule has 0 saturated carbocycles. The molecule has 0 amide bonds. The van der Waals surface area contributed by atoms with Gasteiger partial charge < -0.3 is 25.2 Å². The van der Waals surface area contributed by atoms with E-state index in [-0.39, 0.29) is 0 Å². The molecule has 68 valence electrons. The van der Waals surface area contributed by atoms with Crippen LogP contribution in [0.15, 0.2) is 11.8 Å². The van der Waals surface area contributed by atoms with Gasteiger partial charge in [0.2, 0.25) is 12.0 Å². The fraction of sp³-hybridized carbons (Fsp3) is 0.500. The van der Waals surface area contributed by atoms with Crippen LogP contribution in [0.2, 0.25) is 0 Å². The van der Waals surface area contributed by atoms with Crippen molar-refractivity contribution in [2.45, 2.75) is 18.5 Å². The summed E-state index contributed by atoms with van der Waals surface area (Å²) in [6, 6.07) is 0. The number of rotatable bonds is 1. The molecule has 12 heavy (non-hydrogen) atoms. The van der Waals surface area contributed by atoms with Crippen LogP contribution >= 0.6 is 0 Å². The molecule has 0 bridgehead atoms. The Bertz CT molecular complexity index is 222. The molecule has 0 aromatic carbocycles. The van der Waals surface area contributed by atoms with E-state index < -0.39 is 30.2 Å². The molecule has 6 nitrogen and oxygen atoms in total. The van der Waals surface area contributed by atoms with Gasteiger partial charge in [-0.1, -0.05) is 0 Å². The molecule has 0 spiro atoms. The van der Waals surface area contributed by atoms with Crippen molar-refractivity contribution in [3.8, 4) is 0 Å². The number of hydrogen-bond acceptors (Lipinski definition) is 5. The van der Waals surface area contributed by atoms with Crippen LogP contribution in [0.4, 0.5) is 0 Å². The monoisotopic (exact) mass is 176 g/mol. The minimum Gasteiger partial charge on any atom is -0.475 e. The van der Waals surface area contributed by atoms with Crippen molar-refractivity contribution in [3.63, 3.8) is 0 Å². The van der Waals surface area contributed by atoms with E-state index in [1.165, 1.54) is 0 Å². The molecule has 1 rings (SSSR count). The Hall–Kier alpha value is -1.11. The second kappa shape index (κ2) is 3.10. The fourth-order valence-corrected chi connectivity index (χ4v) is 0.783. The number of ether oxygens (including phenoxy) is 1. The summed E-state index contributed by atoms with van der Waals surface area (Å²) in [5, 5.41) is 35.0. The number of aliphatic carboxylic acids is 1. The number of aliphatic hydroxyl groups excluding tert-OH is 3. The smallest absolute Gasteiger partial charge is 0.371 e. The first-order chi connectivity index (χ1) is 5.52. The van der Waals surface area contributed by atoms with Crippen LogP contribution in [0.25, 0.3) is 0 Å². The summed E-state index contributed by atoms with van der Waals surface area (Å²) in [4.78, 5) is 10.3. The van der Waals surface area contributed by atoms with Gasteiger partial charge in [0, 0.05) is 0 Å². The average Bonchev–Trinajstić information content (AvgIpc) is 1.99. The van der Waals surface area contributed by atoms with E-state index in [4.69, 9.17) is 20.4 Å². The van der Waals surface area contributed by atoms with Crippen molar-refractivity contribution in [1.82, 2.24) is 0 Å². The van der Waals surface area contributed by atoms with Crippen LogP contribution in [0, 0.1) is 0 Å². The summed E-state index contributed by atoms with van der Waals surface area (Å²) in [5.41, 5.74) is 0. The molecule has 1 unspecified atom stereocenters. The Morgan fingerprint density at radius 2 is 2.00 bits per heavy atom. The van der Waals surface area contributed by atoms with Gasteiger partial charge in [0.05, 0.1) is 0 Å². The number of hydrogen-bond donors (Lipinski definition) is 4. The zero-order valence-corrected chi connectivity index (χ0v) is 5.91. The highest BCUT2D eigenvalue weighted by Crippen LogP contribution is 2.16. The number of aliphatic hydroxyl groups is 3. The molecule has 1 heterocycles. The molecule has 0 saturated heterocycles. The third kappa shape index (κ3) is 1.55. The van der Waals surface area contributed by atoms with E-state index in [1.807, 2.05) is 0 Å². The van der Waals surface area contributed by atoms with Gasteiger partial charge in [-0.2, -0.15) is 0 Å². The maximum atomic E-state index is 10.3. The van der Waals surface area contributed by atoms with E-state index in [0.717, 1.165) is 6.08 Å². The lowest BCUT2D eigenvalue weighted by Gasteiger charge is -2.26. The quantitative estimate of drug-likeness (QED) is 0.369. The summed E-state index contributed by atoms with van der Waals surface area (Å²) in [7, 11) is 0. The van der Waals surface area contributed by atoms with Crippen LogP contribution in [-0.4, -0.2) is 44.9 Å². The third-order valence-corrected chi connectivity index (χ3v) is 1.42. The first-order valence-electron chi connectivity index (χ1n) is 3.18. The lowest BCUT2D eigenvalue weighted by molar-refractivity contribution is -0.183. The van der Waals surface area contributed by atoms with Crippen LogP contribution < -0.4 is 0 Å². The Morgan fingerprint density at radius 1 is 1.42 bits per heavy atom. The SMILES string of the molecule is O=C(O)C1=C[C@H](O)[C@@H](O)C(O)O1. The molecule has 0 aromatic rings. The maximum Gasteiger partial charge on any atom is 0.371 e. The van der Waals surface area contributed by atoms with Crippen LogP contribution in [0.5, 0.6) is 0 Å². The van der Waals surface area contributed by atoms with E-state index in [1.54, 1.807) is 0 Å². The molecular formula is C6H8O6. The zero-order chi connectivity index (χ0) is 9.30. The largest absolute Gasteiger partial charge is 0.475 e. The Labute approximate surface area is 67.3 Å². The molecular weight excluding hydrogens is 168 g/mol. The molecule has 0 aromatic heterocycles. The summed E-state index contributed by atoms with van der Waals surface area (Å²) < 4.78 is 4.34. The van der Waals surface area contributed by atoms with Gasteiger partial charge in [0.15, 0.2) is 0 Å². The van der Waals surface area contributed by atoms with Crippen molar-refractivity contribution in [3.05, 3.63) is 11.8 Å². The number of carbonyl (C=O) groups is 1. The predicted octanol–water partition coefficient (Wildman–Crippen LogP) is -1.97. The van der Waals surface area contributed by atoms with Crippen LogP contribution in [0.1, 0.15) is 0 Å². The Kier molecular flexibility index (Phi) is 2.32. The molecule has 3 atom stereocenters. The van der Waals surface area contributed by atoms with Gasteiger partial charge in [-0.25, -0.2) is 4.79 Å². The lowest BCUT2D eigenvalue weighted by Crippen LogP contribution is -2.42. The Morgan fingerprint density at radius 3 is 2.42 bits per heavy atom. The number of carboxylic acids is 1. The standard InChI is InChI=1S/C6H8O6/c7-2-1-3(5(9)10)12-6(11)4(2)8/h1-2,4,6-8,11H,(H,9,10)/t2-,4+,6?/m0/s1. The maximum absolute atomic E-state index is 10.3. The topological polar surface area (TPSA) is 107 Å². The highest BCUT2D eigenvalue weighted by molar-refractivity contribution is 5.84. The van der Waals surface area contributed by atoms with Crippen molar-refractivity contribution in [2.24, 2.45) is 0 Å². The zero-order valence-electron chi connectivity index (χ0n) is 5.91. The lowest BCUT2D eigenvalue weighted by atomic mass is 10.1. The van der Waals surface area contributed by atoms with Crippen molar-refractivity contribution < 1.29 is 30.0 Å². The molecule has 1 aliphatic heterocycles. The van der Waals surface area contributed by atoms with E-state index >= 15 is 0 Å². The molecule has 0 aliphatic carbocycles. The number of carboxylic acid groups (broad SMARTS) is 1.